The van der Waals surface area contributed by atoms with Gasteiger partial charge in [0.2, 0.25) is 5.91 Å². The van der Waals surface area contributed by atoms with Crippen molar-refractivity contribution in [2.75, 3.05) is 6.54 Å². The first-order chi connectivity index (χ1) is 16.7. The summed E-state index contributed by atoms with van der Waals surface area (Å²) in [6.07, 6.45) is 0.683. The minimum Gasteiger partial charge on any atom is -0.426 e. The number of nitrogens with zero attached hydrogens (tertiary/aromatic N) is 2. The molecule has 2 amide bonds. The summed E-state index contributed by atoms with van der Waals surface area (Å²) in [7, 11) is -1.83. The Kier molecular flexibility index (Phi) is 10.5. The number of guanidine groups is 2. The zero-order valence-electron chi connectivity index (χ0n) is 19.2. The van der Waals surface area contributed by atoms with Gasteiger partial charge in [-0.25, -0.2) is 4.99 Å². The zero-order chi connectivity index (χ0) is 25.8. The summed E-state index contributed by atoms with van der Waals surface area (Å²) in [4.78, 5) is 33.8. The normalized spacial score (nSPS) is 12.1. The third kappa shape index (κ3) is 9.74. The number of benzene rings is 2. The molecular weight excluding hydrogens is 451 g/mol. The van der Waals surface area contributed by atoms with Gasteiger partial charge in [0.1, 0.15) is 6.04 Å². The lowest BCUT2D eigenvalue weighted by atomic mass is 9.76. The molecule has 12 nitrogen and oxygen atoms in total. The Hall–Kier alpha value is -4.10. The number of carbonyl (C=O) groups excluding carboxylic acids is 2. The molecule has 2 atom stereocenters. The van der Waals surface area contributed by atoms with Crippen molar-refractivity contribution in [3.8, 4) is 0 Å². The van der Waals surface area contributed by atoms with Crippen LogP contribution in [0.25, 0.3) is 0 Å². The maximum Gasteiger partial charge on any atom is 0.475 e. The highest BCUT2D eigenvalue weighted by atomic mass is 16.4. The molecule has 0 saturated carbocycles. The Morgan fingerprint density at radius 2 is 1.66 bits per heavy atom. The fourth-order valence-electron chi connectivity index (χ4n) is 3.28. The van der Waals surface area contributed by atoms with E-state index in [1.54, 1.807) is 54.6 Å². The highest BCUT2D eigenvalue weighted by Crippen LogP contribution is 2.16. The molecule has 0 aliphatic heterocycles. The Bertz CT molecular complexity index is 1040. The maximum atomic E-state index is 13.1. The molecule has 0 bridgehead atoms. The van der Waals surface area contributed by atoms with Gasteiger partial charge in [0.15, 0.2) is 11.9 Å². The number of hydrogen-bond acceptors (Lipinski definition) is 6. The number of amides is 2. The highest BCUT2D eigenvalue weighted by molar-refractivity contribution is 6.43. The standard InChI is InChI=1S/C22H31BN8O4/c24-21(25)28-11-5-10-18(23(34)35)31-20(33)17(30-19(32)15-7-2-1-3-8-15)13-14-6-4-9-16(12-14)29-22(26)27/h1-4,6-9,12,17-18,34-35H,5,10-11,13H2,(H,30,32)(H,31,33)(H4,24,25,28)(H4,26,27,29)/t17-,18-/m0/s1. The topological polar surface area (TPSA) is 227 Å². The summed E-state index contributed by atoms with van der Waals surface area (Å²) in [5, 5.41) is 24.8. The number of rotatable bonds is 12. The summed E-state index contributed by atoms with van der Waals surface area (Å²) in [5.74, 6) is -2.25. The molecule has 0 unspecified atom stereocenters. The van der Waals surface area contributed by atoms with Crippen LogP contribution >= 0.6 is 0 Å². The molecular formula is C22H31BN8O4. The van der Waals surface area contributed by atoms with Crippen LogP contribution in [-0.4, -0.2) is 59.4 Å². The Labute approximate surface area is 203 Å². The minimum atomic E-state index is -1.83. The van der Waals surface area contributed by atoms with Gasteiger partial charge in [0.25, 0.3) is 5.91 Å². The van der Waals surface area contributed by atoms with Gasteiger partial charge >= 0.3 is 7.12 Å². The van der Waals surface area contributed by atoms with E-state index in [9.17, 15) is 19.6 Å². The minimum absolute atomic E-state index is 0.0817. The van der Waals surface area contributed by atoms with E-state index in [2.05, 4.69) is 20.6 Å². The van der Waals surface area contributed by atoms with E-state index < -0.39 is 30.9 Å². The fraction of sp³-hybridized carbons (Fsp3) is 0.273. The van der Waals surface area contributed by atoms with E-state index in [4.69, 9.17) is 22.9 Å². The molecule has 13 heteroatoms. The Morgan fingerprint density at radius 1 is 0.943 bits per heavy atom. The van der Waals surface area contributed by atoms with E-state index >= 15 is 0 Å². The largest absolute Gasteiger partial charge is 0.475 e. The van der Waals surface area contributed by atoms with Crippen LogP contribution in [0.3, 0.4) is 0 Å². The van der Waals surface area contributed by atoms with Crippen molar-refractivity contribution in [1.29, 1.82) is 0 Å². The van der Waals surface area contributed by atoms with Crippen molar-refractivity contribution in [3.63, 3.8) is 0 Å². The molecule has 0 saturated heterocycles. The van der Waals surface area contributed by atoms with E-state index in [1.807, 2.05) is 0 Å². The molecule has 2 rings (SSSR count). The van der Waals surface area contributed by atoms with Crippen LogP contribution in [0.2, 0.25) is 0 Å². The summed E-state index contributed by atoms with van der Waals surface area (Å²) in [6.45, 7) is 0.257. The Balaban J connectivity index is 2.21. The number of hydrogen-bond donors (Lipinski definition) is 8. The molecule has 0 radical (unpaired) electrons. The van der Waals surface area contributed by atoms with Crippen LogP contribution in [-0.2, 0) is 11.2 Å². The highest BCUT2D eigenvalue weighted by Gasteiger charge is 2.29. The van der Waals surface area contributed by atoms with E-state index in [-0.39, 0.29) is 31.3 Å². The van der Waals surface area contributed by atoms with Gasteiger partial charge in [-0.15, -0.1) is 0 Å². The van der Waals surface area contributed by atoms with Crippen LogP contribution in [0.15, 0.2) is 64.6 Å². The third-order valence-corrected chi connectivity index (χ3v) is 4.92. The molecule has 12 N–H and O–H groups in total. The summed E-state index contributed by atoms with van der Waals surface area (Å²) >= 11 is 0. The second kappa shape index (κ2) is 13.6. The van der Waals surface area contributed by atoms with Gasteiger partial charge in [0, 0.05) is 18.5 Å². The van der Waals surface area contributed by atoms with Crippen LogP contribution < -0.4 is 33.6 Å². The molecule has 0 spiro atoms. The van der Waals surface area contributed by atoms with Crippen LogP contribution in [0.4, 0.5) is 5.69 Å². The first-order valence-corrected chi connectivity index (χ1v) is 10.9. The van der Waals surface area contributed by atoms with E-state index in [1.165, 1.54) is 0 Å². The molecule has 2 aromatic carbocycles. The monoisotopic (exact) mass is 482 g/mol. The lowest BCUT2D eigenvalue weighted by molar-refractivity contribution is -0.123. The number of carbonyl (C=O) groups is 2. The van der Waals surface area contributed by atoms with Crippen molar-refractivity contribution < 1.29 is 19.6 Å². The van der Waals surface area contributed by atoms with Crippen molar-refractivity contribution in [2.24, 2.45) is 32.9 Å². The summed E-state index contributed by atoms with van der Waals surface area (Å²) in [6, 6.07) is 14.2. The van der Waals surface area contributed by atoms with Gasteiger partial charge < -0.3 is 43.6 Å². The molecule has 2 aromatic rings. The fourth-order valence-corrected chi connectivity index (χ4v) is 3.28. The predicted molar refractivity (Wildman–Crippen MR) is 135 cm³/mol. The lowest BCUT2D eigenvalue weighted by Crippen LogP contribution is -2.54. The van der Waals surface area contributed by atoms with E-state index in [0.717, 1.165) is 0 Å². The number of nitrogens with two attached hydrogens (primary N) is 4. The smallest absolute Gasteiger partial charge is 0.426 e. The third-order valence-electron chi connectivity index (χ3n) is 4.92. The first-order valence-electron chi connectivity index (χ1n) is 10.9. The molecule has 0 aliphatic carbocycles. The molecule has 186 valence electrons. The van der Waals surface area contributed by atoms with Gasteiger partial charge in [-0.2, -0.15) is 0 Å². The molecule has 35 heavy (non-hydrogen) atoms. The lowest BCUT2D eigenvalue weighted by Gasteiger charge is -2.23. The molecule has 0 fully saturated rings. The zero-order valence-corrected chi connectivity index (χ0v) is 19.2. The quantitative estimate of drug-likeness (QED) is 0.0765. The SMILES string of the molecule is NC(N)=NCCC[C@H](NC(=O)[C@H](Cc1cccc(N=C(N)N)c1)NC(=O)c1ccccc1)B(O)O. The molecule has 0 aromatic heterocycles. The van der Waals surface area contributed by atoms with Crippen molar-refractivity contribution in [1.82, 2.24) is 10.6 Å². The summed E-state index contributed by atoms with van der Waals surface area (Å²) < 4.78 is 0. The predicted octanol–water partition coefficient (Wildman–Crippen LogP) is -1.52. The van der Waals surface area contributed by atoms with Gasteiger partial charge in [-0.3, -0.25) is 14.6 Å². The van der Waals surface area contributed by atoms with Gasteiger partial charge in [-0.05, 0) is 42.7 Å². The number of nitrogens with one attached hydrogen (secondary N) is 2. The van der Waals surface area contributed by atoms with Crippen LogP contribution in [0.5, 0.6) is 0 Å². The van der Waals surface area contributed by atoms with Gasteiger partial charge in [0.05, 0.1) is 11.6 Å². The maximum absolute atomic E-state index is 13.1. The number of aliphatic imine (C=N–C) groups is 2. The van der Waals surface area contributed by atoms with E-state index in [0.29, 0.717) is 23.2 Å². The average Bonchev–Trinajstić information content (AvgIpc) is 2.80. The van der Waals surface area contributed by atoms with Crippen molar-refractivity contribution in [3.05, 3.63) is 65.7 Å². The van der Waals surface area contributed by atoms with Gasteiger partial charge in [-0.1, -0.05) is 30.3 Å². The molecule has 0 aliphatic rings. The van der Waals surface area contributed by atoms with Crippen LogP contribution in [0, 0.1) is 0 Å². The van der Waals surface area contributed by atoms with Crippen LogP contribution in [0.1, 0.15) is 28.8 Å². The van der Waals surface area contributed by atoms with Crippen molar-refractivity contribution in [2.45, 2.75) is 31.2 Å². The van der Waals surface area contributed by atoms with Crippen molar-refractivity contribution >= 4 is 36.5 Å². The summed E-state index contributed by atoms with van der Waals surface area (Å²) in [5.41, 5.74) is 23.0. The Morgan fingerprint density at radius 3 is 2.29 bits per heavy atom. The second-order valence-corrected chi connectivity index (χ2v) is 7.78. The second-order valence-electron chi connectivity index (χ2n) is 7.78. The average molecular weight is 482 g/mol. The molecule has 0 heterocycles. The first kappa shape index (κ1) is 27.2.